The molecular formula is C32H26ClI. The van der Waals surface area contributed by atoms with Crippen molar-refractivity contribution in [1.82, 2.24) is 0 Å². The molecule has 34 heavy (non-hydrogen) atoms. The Morgan fingerprint density at radius 1 is 0.735 bits per heavy atom. The number of halogens is 2. The minimum atomic E-state index is -0.440. The molecule has 5 rings (SSSR count). The lowest BCUT2D eigenvalue weighted by molar-refractivity contribution is 0.765. The van der Waals surface area contributed by atoms with Gasteiger partial charge in [-0.2, -0.15) is 0 Å². The molecule has 0 nitrogen and oxygen atoms in total. The van der Waals surface area contributed by atoms with Crippen LogP contribution in [0.1, 0.15) is 39.8 Å². The van der Waals surface area contributed by atoms with Crippen molar-refractivity contribution in [2.45, 2.75) is 24.7 Å². The van der Waals surface area contributed by atoms with E-state index in [9.17, 15) is 0 Å². The van der Waals surface area contributed by atoms with Crippen LogP contribution in [0.4, 0.5) is 0 Å². The van der Waals surface area contributed by atoms with Crippen LogP contribution in [0.15, 0.2) is 110 Å². The van der Waals surface area contributed by atoms with Crippen LogP contribution in [0, 0.1) is 3.57 Å². The molecule has 0 spiro atoms. The maximum Gasteiger partial charge on any atom is 0.0714 e. The Morgan fingerprint density at radius 2 is 1.47 bits per heavy atom. The van der Waals surface area contributed by atoms with Crippen LogP contribution >= 0.6 is 34.2 Å². The van der Waals surface area contributed by atoms with Gasteiger partial charge < -0.3 is 0 Å². The fourth-order valence-corrected chi connectivity index (χ4v) is 6.01. The van der Waals surface area contributed by atoms with Gasteiger partial charge in [-0.05, 0) is 111 Å². The Balaban J connectivity index is 1.85. The van der Waals surface area contributed by atoms with Gasteiger partial charge in [0.05, 0.1) is 5.41 Å². The molecule has 1 aliphatic rings. The Bertz CT molecular complexity index is 1330. The number of aryl methyl sites for hydroxylation is 1. The molecule has 2 heteroatoms. The van der Waals surface area contributed by atoms with Gasteiger partial charge in [-0.25, -0.2) is 0 Å². The number of hydrogen-bond donors (Lipinski definition) is 0. The van der Waals surface area contributed by atoms with E-state index in [4.69, 9.17) is 11.6 Å². The SMILES string of the molecule is C=CCCc1ccc(C2(c3cccc(CC=C)c3)c3cc(Cl)ccc3-c3ccc(I)cc32)cc1. The van der Waals surface area contributed by atoms with Crippen LogP contribution in [0.5, 0.6) is 0 Å². The number of benzene rings is 4. The first-order valence-corrected chi connectivity index (χ1v) is 13.0. The third kappa shape index (κ3) is 3.85. The predicted molar refractivity (Wildman–Crippen MR) is 154 cm³/mol. The second-order valence-electron chi connectivity index (χ2n) is 8.85. The molecule has 1 unspecified atom stereocenters. The maximum absolute atomic E-state index is 6.64. The zero-order valence-electron chi connectivity index (χ0n) is 19.0. The van der Waals surface area contributed by atoms with Crippen molar-refractivity contribution in [1.29, 1.82) is 0 Å². The summed E-state index contributed by atoms with van der Waals surface area (Å²) in [5, 5.41) is 0.760. The quantitative estimate of drug-likeness (QED) is 0.135. The minimum Gasteiger partial charge on any atom is -0.103 e. The number of hydrogen-bond acceptors (Lipinski definition) is 0. The first kappa shape index (κ1) is 23.1. The second kappa shape index (κ2) is 9.56. The van der Waals surface area contributed by atoms with Crippen molar-refractivity contribution in [3.05, 3.63) is 152 Å². The summed E-state index contributed by atoms with van der Waals surface area (Å²) in [6, 6.07) is 31.2. The van der Waals surface area contributed by atoms with Gasteiger partial charge in [-0.1, -0.05) is 84.4 Å². The Hall–Kier alpha value is -2.62. The van der Waals surface area contributed by atoms with Gasteiger partial charge in [0.2, 0.25) is 0 Å². The molecular weight excluding hydrogens is 547 g/mol. The van der Waals surface area contributed by atoms with Gasteiger partial charge in [-0.3, -0.25) is 0 Å². The summed E-state index contributed by atoms with van der Waals surface area (Å²) in [5.41, 5.74) is 9.74. The lowest BCUT2D eigenvalue weighted by Crippen LogP contribution is -2.29. The minimum absolute atomic E-state index is 0.440. The molecule has 0 saturated heterocycles. The monoisotopic (exact) mass is 572 g/mol. The van der Waals surface area contributed by atoms with E-state index in [1.165, 1.54) is 48.1 Å². The lowest BCUT2D eigenvalue weighted by Gasteiger charge is -2.34. The van der Waals surface area contributed by atoms with Crippen LogP contribution < -0.4 is 0 Å². The van der Waals surface area contributed by atoms with Gasteiger partial charge in [0.25, 0.3) is 0 Å². The summed E-state index contributed by atoms with van der Waals surface area (Å²) in [7, 11) is 0. The van der Waals surface area contributed by atoms with E-state index >= 15 is 0 Å². The van der Waals surface area contributed by atoms with E-state index in [-0.39, 0.29) is 0 Å². The molecule has 0 radical (unpaired) electrons. The molecule has 0 aliphatic heterocycles. The van der Waals surface area contributed by atoms with Gasteiger partial charge in [-0.15, -0.1) is 13.2 Å². The number of rotatable bonds is 7. The van der Waals surface area contributed by atoms with Crippen LogP contribution in [0.25, 0.3) is 11.1 Å². The van der Waals surface area contributed by atoms with E-state index in [2.05, 4.69) is 115 Å². The van der Waals surface area contributed by atoms with Crippen LogP contribution in [0.3, 0.4) is 0 Å². The fourth-order valence-electron chi connectivity index (χ4n) is 5.35. The topological polar surface area (TPSA) is 0 Å². The second-order valence-corrected chi connectivity index (χ2v) is 10.5. The van der Waals surface area contributed by atoms with E-state index in [1.807, 2.05) is 18.2 Å². The molecule has 0 heterocycles. The molecule has 4 aromatic carbocycles. The van der Waals surface area contributed by atoms with E-state index in [0.29, 0.717) is 0 Å². The molecule has 168 valence electrons. The van der Waals surface area contributed by atoms with Crippen molar-refractivity contribution in [2.24, 2.45) is 0 Å². The molecule has 0 fully saturated rings. The van der Waals surface area contributed by atoms with E-state index < -0.39 is 5.41 Å². The van der Waals surface area contributed by atoms with E-state index in [1.54, 1.807) is 0 Å². The molecule has 0 saturated carbocycles. The number of allylic oxidation sites excluding steroid dienone is 2. The Morgan fingerprint density at radius 3 is 2.21 bits per heavy atom. The number of fused-ring (bicyclic) bond motifs is 3. The molecule has 0 aromatic heterocycles. The van der Waals surface area contributed by atoms with Crippen molar-refractivity contribution in [2.75, 3.05) is 0 Å². The van der Waals surface area contributed by atoms with Gasteiger partial charge >= 0.3 is 0 Å². The maximum atomic E-state index is 6.64. The zero-order chi connectivity index (χ0) is 23.7. The molecule has 1 atom stereocenters. The average molecular weight is 573 g/mol. The Labute approximate surface area is 221 Å². The van der Waals surface area contributed by atoms with Crippen molar-refractivity contribution in [3.63, 3.8) is 0 Å². The highest BCUT2D eigenvalue weighted by molar-refractivity contribution is 14.1. The van der Waals surface area contributed by atoms with Crippen molar-refractivity contribution in [3.8, 4) is 11.1 Å². The van der Waals surface area contributed by atoms with Crippen LogP contribution in [-0.4, -0.2) is 0 Å². The molecule has 0 bridgehead atoms. The summed E-state index contributed by atoms with van der Waals surface area (Å²) >= 11 is 9.07. The third-order valence-corrected chi connectivity index (χ3v) is 7.73. The summed E-state index contributed by atoms with van der Waals surface area (Å²) < 4.78 is 1.23. The zero-order valence-corrected chi connectivity index (χ0v) is 21.9. The summed E-state index contributed by atoms with van der Waals surface area (Å²) in [6.45, 7) is 7.84. The largest absolute Gasteiger partial charge is 0.103 e. The fraction of sp³-hybridized carbons (Fsp3) is 0.125. The van der Waals surface area contributed by atoms with Crippen molar-refractivity contribution >= 4 is 34.2 Å². The highest BCUT2D eigenvalue weighted by atomic mass is 127. The smallest absolute Gasteiger partial charge is 0.0714 e. The first-order valence-electron chi connectivity index (χ1n) is 11.6. The third-order valence-electron chi connectivity index (χ3n) is 6.83. The Kier molecular flexibility index (Phi) is 6.50. The van der Waals surface area contributed by atoms with E-state index in [0.717, 1.165) is 24.3 Å². The molecule has 0 N–H and O–H groups in total. The molecule has 0 amide bonds. The van der Waals surface area contributed by atoms with Crippen LogP contribution in [0.2, 0.25) is 5.02 Å². The lowest BCUT2D eigenvalue weighted by atomic mass is 9.67. The summed E-state index contributed by atoms with van der Waals surface area (Å²) in [4.78, 5) is 0. The highest BCUT2D eigenvalue weighted by Gasteiger charge is 2.46. The highest BCUT2D eigenvalue weighted by Crippen LogP contribution is 2.56. The standard InChI is InChI=1S/C32H26ClI/c1-3-5-8-22-11-13-24(14-12-22)32(25-10-6-9-23(19-25)7-4-2)30-20-26(33)15-17-28(30)29-18-16-27(34)21-31(29)32/h3-4,6,9-21H,1-2,5,7-8H2. The predicted octanol–water partition coefficient (Wildman–Crippen LogP) is 9.15. The van der Waals surface area contributed by atoms with Gasteiger partial charge in [0, 0.05) is 8.59 Å². The van der Waals surface area contributed by atoms with Gasteiger partial charge in [0.1, 0.15) is 0 Å². The molecule has 1 aliphatic carbocycles. The summed E-state index contributed by atoms with van der Waals surface area (Å²) in [5.74, 6) is 0. The summed E-state index contributed by atoms with van der Waals surface area (Å²) in [6.07, 6.45) is 6.77. The molecule has 4 aromatic rings. The average Bonchev–Trinajstić information content (AvgIpc) is 3.13. The van der Waals surface area contributed by atoms with Crippen molar-refractivity contribution < 1.29 is 0 Å². The van der Waals surface area contributed by atoms with Gasteiger partial charge in [0.15, 0.2) is 0 Å². The first-order chi connectivity index (χ1) is 16.6. The van der Waals surface area contributed by atoms with Crippen LogP contribution in [-0.2, 0) is 18.3 Å². The normalized spacial score (nSPS) is 16.1.